The predicted molar refractivity (Wildman–Crippen MR) is 76.2 cm³/mol. The van der Waals surface area contributed by atoms with Gasteiger partial charge in [-0.15, -0.1) is 0 Å². The van der Waals surface area contributed by atoms with Crippen LogP contribution in [-0.2, 0) is 4.79 Å². The molecular formula is C14H28N2O4. The van der Waals surface area contributed by atoms with E-state index in [0.29, 0.717) is 6.54 Å². The van der Waals surface area contributed by atoms with E-state index in [1.54, 1.807) is 7.05 Å². The van der Waals surface area contributed by atoms with Crippen LogP contribution in [0.3, 0.4) is 0 Å². The van der Waals surface area contributed by atoms with Gasteiger partial charge in [-0.05, 0) is 13.0 Å². The molecule has 0 radical (unpaired) electrons. The molecule has 1 amide bonds. The maximum atomic E-state index is 11.5. The van der Waals surface area contributed by atoms with Gasteiger partial charge < -0.3 is 20.6 Å². The molecule has 6 nitrogen and oxygen atoms in total. The molecule has 20 heavy (non-hydrogen) atoms. The summed E-state index contributed by atoms with van der Waals surface area (Å²) >= 11 is 0. The third kappa shape index (κ3) is 4.15. The lowest BCUT2D eigenvalue weighted by atomic mass is 10.1. The molecule has 1 rings (SSSR count). The molecule has 0 aliphatic carbocycles. The average molecular weight is 288 g/mol. The van der Waals surface area contributed by atoms with Crippen molar-refractivity contribution in [3.05, 3.63) is 0 Å². The second-order valence-electron chi connectivity index (χ2n) is 5.47. The maximum Gasteiger partial charge on any atom is 0.221 e. The van der Waals surface area contributed by atoms with Crippen LogP contribution >= 0.6 is 0 Å². The highest BCUT2D eigenvalue weighted by Crippen LogP contribution is 2.28. The average Bonchev–Trinajstić information content (AvgIpc) is 2.67. The molecule has 1 aliphatic rings. The lowest BCUT2D eigenvalue weighted by molar-refractivity contribution is -0.122. The van der Waals surface area contributed by atoms with Gasteiger partial charge >= 0.3 is 0 Å². The van der Waals surface area contributed by atoms with Crippen LogP contribution in [0.25, 0.3) is 0 Å². The highest BCUT2D eigenvalue weighted by atomic mass is 16.3. The minimum atomic E-state index is -0.999. The number of likely N-dealkylation sites (tertiary alicyclic amines) is 1. The lowest BCUT2D eigenvalue weighted by Crippen LogP contribution is -2.43. The van der Waals surface area contributed by atoms with E-state index in [-0.39, 0.29) is 18.9 Å². The first-order chi connectivity index (χ1) is 9.56. The fourth-order valence-electron chi connectivity index (χ4n) is 2.89. The summed E-state index contributed by atoms with van der Waals surface area (Å²) in [5.41, 5.74) is 0. The molecule has 0 unspecified atom stereocenters. The van der Waals surface area contributed by atoms with Crippen molar-refractivity contribution >= 4 is 5.91 Å². The lowest BCUT2D eigenvalue weighted by Gasteiger charge is -2.29. The molecular weight excluding hydrogens is 260 g/mol. The Kier molecular flexibility index (Phi) is 7.43. The number of amides is 1. The second kappa shape index (κ2) is 8.56. The Bertz CT molecular complexity index is 301. The van der Waals surface area contributed by atoms with Crippen LogP contribution < -0.4 is 5.32 Å². The summed E-state index contributed by atoms with van der Waals surface area (Å²) in [5.74, 6) is -0.168. The SMILES string of the molecule is CCCCCCN1[C@H](CO)[C@H](O)[C@H](O)[C@@H]1CC(=O)NC. The van der Waals surface area contributed by atoms with Crippen LogP contribution in [-0.4, -0.2) is 70.6 Å². The molecule has 118 valence electrons. The van der Waals surface area contributed by atoms with Crippen molar-refractivity contribution in [1.29, 1.82) is 0 Å². The van der Waals surface area contributed by atoms with Crippen molar-refractivity contribution in [3.63, 3.8) is 0 Å². The van der Waals surface area contributed by atoms with Gasteiger partial charge in [0.15, 0.2) is 0 Å². The predicted octanol–water partition coefficient (Wildman–Crippen LogP) is -0.530. The van der Waals surface area contributed by atoms with E-state index in [1.165, 1.54) is 0 Å². The molecule has 1 saturated heterocycles. The van der Waals surface area contributed by atoms with Gasteiger partial charge in [0.05, 0.1) is 24.9 Å². The number of aliphatic hydroxyl groups is 3. The molecule has 0 bridgehead atoms. The second-order valence-corrected chi connectivity index (χ2v) is 5.47. The van der Waals surface area contributed by atoms with Crippen molar-refractivity contribution in [2.24, 2.45) is 0 Å². The van der Waals surface area contributed by atoms with Gasteiger partial charge in [0.25, 0.3) is 0 Å². The van der Waals surface area contributed by atoms with Gasteiger partial charge in [0.2, 0.25) is 5.91 Å². The number of unbranched alkanes of at least 4 members (excludes halogenated alkanes) is 3. The zero-order valence-electron chi connectivity index (χ0n) is 12.5. The summed E-state index contributed by atoms with van der Waals surface area (Å²) in [7, 11) is 1.55. The summed E-state index contributed by atoms with van der Waals surface area (Å²) in [6, 6.07) is -0.912. The highest BCUT2D eigenvalue weighted by molar-refractivity contribution is 5.76. The third-order valence-corrected chi connectivity index (χ3v) is 4.12. The molecule has 4 atom stereocenters. The Morgan fingerprint density at radius 3 is 2.35 bits per heavy atom. The molecule has 0 spiro atoms. The number of nitrogens with one attached hydrogen (secondary N) is 1. The topological polar surface area (TPSA) is 93.0 Å². The van der Waals surface area contributed by atoms with Crippen LogP contribution in [0.1, 0.15) is 39.0 Å². The zero-order chi connectivity index (χ0) is 15.1. The van der Waals surface area contributed by atoms with Gasteiger partial charge in [0.1, 0.15) is 0 Å². The first-order valence-corrected chi connectivity index (χ1v) is 7.50. The van der Waals surface area contributed by atoms with E-state index in [4.69, 9.17) is 0 Å². The van der Waals surface area contributed by atoms with E-state index in [0.717, 1.165) is 25.7 Å². The number of nitrogens with zero attached hydrogens (tertiary/aromatic N) is 1. The zero-order valence-corrected chi connectivity index (χ0v) is 12.5. The Morgan fingerprint density at radius 1 is 1.15 bits per heavy atom. The van der Waals surface area contributed by atoms with Gasteiger partial charge in [-0.1, -0.05) is 26.2 Å². The van der Waals surface area contributed by atoms with E-state index >= 15 is 0 Å². The van der Waals surface area contributed by atoms with Crippen molar-refractivity contribution in [3.8, 4) is 0 Å². The fourth-order valence-corrected chi connectivity index (χ4v) is 2.89. The molecule has 0 aromatic rings. The minimum Gasteiger partial charge on any atom is -0.395 e. The molecule has 1 aliphatic heterocycles. The number of hydrogen-bond donors (Lipinski definition) is 4. The summed E-state index contributed by atoms with van der Waals surface area (Å²) in [6.07, 6.45) is 2.44. The molecule has 6 heteroatoms. The first-order valence-electron chi connectivity index (χ1n) is 7.50. The van der Waals surface area contributed by atoms with Crippen molar-refractivity contribution in [2.45, 2.75) is 63.3 Å². The smallest absolute Gasteiger partial charge is 0.221 e. The van der Waals surface area contributed by atoms with Crippen molar-refractivity contribution < 1.29 is 20.1 Å². The fraction of sp³-hybridized carbons (Fsp3) is 0.929. The van der Waals surface area contributed by atoms with E-state index in [1.807, 2.05) is 4.90 Å². The monoisotopic (exact) mass is 288 g/mol. The number of aliphatic hydroxyl groups excluding tert-OH is 3. The van der Waals surface area contributed by atoms with Crippen LogP contribution in [0.4, 0.5) is 0 Å². The molecule has 1 fully saturated rings. The van der Waals surface area contributed by atoms with E-state index < -0.39 is 24.3 Å². The Morgan fingerprint density at radius 2 is 1.80 bits per heavy atom. The standard InChI is InChI=1S/C14H28N2O4/c1-3-4-5-6-7-16-10(8-12(18)15-2)13(19)14(20)11(16)9-17/h10-11,13-14,17,19-20H,3-9H2,1-2H3,(H,15,18)/t10-,11+,13+,14-/m0/s1. The van der Waals surface area contributed by atoms with E-state index in [2.05, 4.69) is 12.2 Å². The highest BCUT2D eigenvalue weighted by Gasteiger charge is 2.47. The van der Waals surface area contributed by atoms with E-state index in [9.17, 15) is 20.1 Å². The summed E-state index contributed by atoms with van der Waals surface area (Å²) in [6.45, 7) is 2.60. The van der Waals surface area contributed by atoms with Crippen LogP contribution in [0.15, 0.2) is 0 Å². The van der Waals surface area contributed by atoms with Crippen LogP contribution in [0, 0.1) is 0 Å². The Labute approximate surface area is 120 Å². The van der Waals surface area contributed by atoms with Gasteiger partial charge in [-0.25, -0.2) is 0 Å². The number of rotatable bonds is 8. The number of hydrogen-bond acceptors (Lipinski definition) is 5. The minimum absolute atomic E-state index is 0.138. The summed E-state index contributed by atoms with van der Waals surface area (Å²) in [4.78, 5) is 13.4. The molecule has 4 N–H and O–H groups in total. The Hall–Kier alpha value is -0.690. The normalized spacial score (nSPS) is 30.6. The van der Waals surface area contributed by atoms with Gasteiger partial charge in [-0.2, -0.15) is 0 Å². The maximum absolute atomic E-state index is 11.5. The van der Waals surface area contributed by atoms with Crippen molar-refractivity contribution in [2.75, 3.05) is 20.2 Å². The molecule has 0 aromatic heterocycles. The Balaban J connectivity index is 2.67. The van der Waals surface area contributed by atoms with Gasteiger partial charge in [-0.3, -0.25) is 9.69 Å². The first kappa shape index (κ1) is 17.4. The largest absolute Gasteiger partial charge is 0.395 e. The number of carbonyl (C=O) groups is 1. The van der Waals surface area contributed by atoms with Crippen LogP contribution in [0.5, 0.6) is 0 Å². The van der Waals surface area contributed by atoms with Gasteiger partial charge in [0, 0.05) is 19.5 Å². The van der Waals surface area contributed by atoms with Crippen LogP contribution in [0.2, 0.25) is 0 Å². The van der Waals surface area contributed by atoms with Crippen molar-refractivity contribution in [1.82, 2.24) is 10.2 Å². The quantitative estimate of drug-likeness (QED) is 0.451. The summed E-state index contributed by atoms with van der Waals surface area (Å²) < 4.78 is 0. The molecule has 1 heterocycles. The summed E-state index contributed by atoms with van der Waals surface area (Å²) in [5, 5.41) is 32.1. The molecule has 0 aromatic carbocycles. The molecule has 0 saturated carbocycles. The number of carbonyl (C=O) groups excluding carboxylic acids is 1. The third-order valence-electron chi connectivity index (χ3n) is 4.12.